The van der Waals surface area contributed by atoms with E-state index in [0.29, 0.717) is 12.3 Å². The number of rotatable bonds is 6. The summed E-state index contributed by atoms with van der Waals surface area (Å²) in [5.74, 6) is 2.64. The first kappa shape index (κ1) is 12.4. The number of hydrogen-bond acceptors (Lipinski definition) is 2. The molecule has 0 saturated heterocycles. The third kappa shape index (κ3) is 3.46. The van der Waals surface area contributed by atoms with Gasteiger partial charge in [-0.25, -0.2) is 0 Å². The lowest BCUT2D eigenvalue weighted by Crippen LogP contribution is -2.28. The quantitative estimate of drug-likeness (QED) is 0.718. The molecule has 3 atom stereocenters. The van der Waals surface area contributed by atoms with Crippen molar-refractivity contribution < 1.29 is 4.79 Å². The van der Waals surface area contributed by atoms with E-state index in [9.17, 15) is 4.79 Å². The van der Waals surface area contributed by atoms with Crippen LogP contribution in [0.4, 0.5) is 0 Å². The fraction of sp³-hybridized carbons (Fsp3) is 0.857. The second-order valence-electron chi connectivity index (χ2n) is 5.60. The van der Waals surface area contributed by atoms with Crippen LogP contribution in [0.25, 0.3) is 0 Å². The minimum Gasteiger partial charge on any atom is -0.356 e. The first-order valence-electron chi connectivity index (χ1n) is 6.93. The molecule has 2 saturated carbocycles. The number of nitrogens with one attached hydrogen (secondary N) is 1. The lowest BCUT2D eigenvalue weighted by molar-refractivity contribution is -0.122. The van der Waals surface area contributed by atoms with Crippen LogP contribution in [0.2, 0.25) is 0 Å². The molecule has 1 N–H and O–H groups in total. The summed E-state index contributed by atoms with van der Waals surface area (Å²) in [6.07, 6.45) is 8.57. The number of nitriles is 1. The fourth-order valence-corrected chi connectivity index (χ4v) is 3.49. The average Bonchev–Trinajstić information content (AvgIpc) is 2.90. The van der Waals surface area contributed by atoms with E-state index >= 15 is 0 Å². The molecular formula is C14H22N2O. The van der Waals surface area contributed by atoms with Crippen LogP contribution in [0.5, 0.6) is 0 Å². The van der Waals surface area contributed by atoms with Gasteiger partial charge in [0.25, 0.3) is 0 Å². The topological polar surface area (TPSA) is 52.9 Å². The Hall–Kier alpha value is -1.04. The molecule has 94 valence electrons. The first-order chi connectivity index (χ1) is 8.29. The molecule has 2 aliphatic carbocycles. The number of hydrogen-bond donors (Lipinski definition) is 1. The zero-order valence-electron chi connectivity index (χ0n) is 10.5. The lowest BCUT2D eigenvalue weighted by Gasteiger charge is -2.20. The highest BCUT2D eigenvalue weighted by Gasteiger charge is 2.39. The molecule has 1 amide bonds. The largest absolute Gasteiger partial charge is 0.356 e. The number of nitrogens with zero attached hydrogens (tertiary/aromatic N) is 1. The van der Waals surface area contributed by atoms with E-state index in [1.165, 1.54) is 25.7 Å². The van der Waals surface area contributed by atoms with Crippen molar-refractivity contribution in [2.75, 3.05) is 6.54 Å². The van der Waals surface area contributed by atoms with Gasteiger partial charge in [-0.3, -0.25) is 4.79 Å². The van der Waals surface area contributed by atoms with E-state index in [1.54, 1.807) is 0 Å². The Morgan fingerprint density at radius 3 is 2.82 bits per heavy atom. The Morgan fingerprint density at radius 2 is 2.18 bits per heavy atom. The van der Waals surface area contributed by atoms with Gasteiger partial charge in [-0.1, -0.05) is 6.42 Å². The van der Waals surface area contributed by atoms with Gasteiger partial charge < -0.3 is 5.32 Å². The molecule has 0 radical (unpaired) electrons. The van der Waals surface area contributed by atoms with Crippen LogP contribution in [0.15, 0.2) is 0 Å². The summed E-state index contributed by atoms with van der Waals surface area (Å²) in [6.45, 7) is 0.737. The molecule has 3 unspecified atom stereocenters. The maximum absolute atomic E-state index is 11.7. The minimum atomic E-state index is 0.222. The molecule has 17 heavy (non-hydrogen) atoms. The van der Waals surface area contributed by atoms with Crippen molar-refractivity contribution in [3.05, 3.63) is 0 Å². The Labute approximate surface area is 104 Å². The van der Waals surface area contributed by atoms with Crippen molar-refractivity contribution in [2.45, 2.75) is 51.4 Å². The molecule has 0 aromatic rings. The van der Waals surface area contributed by atoms with E-state index < -0.39 is 0 Å². The van der Waals surface area contributed by atoms with E-state index in [1.807, 2.05) is 0 Å². The van der Waals surface area contributed by atoms with Gasteiger partial charge in [0.2, 0.25) is 5.91 Å². The monoisotopic (exact) mass is 234 g/mol. The zero-order chi connectivity index (χ0) is 12.1. The summed E-state index contributed by atoms with van der Waals surface area (Å²) in [7, 11) is 0. The van der Waals surface area contributed by atoms with Gasteiger partial charge in [-0.2, -0.15) is 5.26 Å². The van der Waals surface area contributed by atoms with Crippen molar-refractivity contribution >= 4 is 5.91 Å². The van der Waals surface area contributed by atoms with Crippen LogP contribution < -0.4 is 5.32 Å². The Bertz CT molecular complexity index is 308. The Morgan fingerprint density at radius 1 is 1.29 bits per heavy atom. The molecule has 0 heterocycles. The van der Waals surface area contributed by atoms with Gasteiger partial charge >= 0.3 is 0 Å². The Balaban J connectivity index is 1.57. The summed E-state index contributed by atoms with van der Waals surface area (Å²) in [5, 5.41) is 11.4. The molecule has 3 heteroatoms. The summed E-state index contributed by atoms with van der Waals surface area (Å²) in [5.41, 5.74) is 0. The van der Waals surface area contributed by atoms with Gasteiger partial charge in [0.05, 0.1) is 6.07 Å². The standard InChI is InChI=1S/C14H22N2O/c15-6-2-1-3-7-16-14(17)10-13-9-11-4-5-12(13)8-11/h11-13H,1-5,7-10H2,(H,16,17). The van der Waals surface area contributed by atoms with E-state index in [4.69, 9.17) is 5.26 Å². The summed E-state index contributed by atoms with van der Waals surface area (Å²) in [6, 6.07) is 2.12. The maximum Gasteiger partial charge on any atom is 0.220 e. The molecule has 2 aliphatic rings. The van der Waals surface area contributed by atoms with Gasteiger partial charge in [-0.15, -0.1) is 0 Å². The smallest absolute Gasteiger partial charge is 0.220 e. The second-order valence-corrected chi connectivity index (χ2v) is 5.60. The van der Waals surface area contributed by atoms with Gasteiger partial charge in [0.15, 0.2) is 0 Å². The van der Waals surface area contributed by atoms with Crippen LogP contribution >= 0.6 is 0 Å². The molecule has 2 bridgehead atoms. The summed E-state index contributed by atoms with van der Waals surface area (Å²) < 4.78 is 0. The molecule has 0 spiro atoms. The third-order valence-electron chi connectivity index (χ3n) is 4.37. The van der Waals surface area contributed by atoms with Crippen LogP contribution in [-0.4, -0.2) is 12.5 Å². The van der Waals surface area contributed by atoms with Crippen molar-refractivity contribution in [1.29, 1.82) is 5.26 Å². The molecule has 0 aliphatic heterocycles. The van der Waals surface area contributed by atoms with Gasteiger partial charge in [-0.05, 0) is 49.9 Å². The zero-order valence-corrected chi connectivity index (χ0v) is 10.5. The number of amides is 1. The van der Waals surface area contributed by atoms with E-state index in [0.717, 1.165) is 37.6 Å². The molecule has 3 nitrogen and oxygen atoms in total. The van der Waals surface area contributed by atoms with Crippen molar-refractivity contribution in [3.8, 4) is 6.07 Å². The lowest BCUT2D eigenvalue weighted by atomic mass is 9.86. The van der Waals surface area contributed by atoms with Crippen LogP contribution in [0, 0.1) is 29.1 Å². The van der Waals surface area contributed by atoms with Crippen molar-refractivity contribution in [3.63, 3.8) is 0 Å². The van der Waals surface area contributed by atoms with Crippen molar-refractivity contribution in [1.82, 2.24) is 5.32 Å². The van der Waals surface area contributed by atoms with Crippen LogP contribution in [0.1, 0.15) is 51.4 Å². The number of unbranched alkanes of at least 4 members (excludes halogenated alkanes) is 2. The summed E-state index contributed by atoms with van der Waals surface area (Å²) >= 11 is 0. The third-order valence-corrected chi connectivity index (χ3v) is 4.37. The molecule has 2 fully saturated rings. The highest BCUT2D eigenvalue weighted by atomic mass is 16.1. The minimum absolute atomic E-state index is 0.222. The number of carbonyl (C=O) groups is 1. The second kappa shape index (κ2) is 6.05. The molecular weight excluding hydrogens is 212 g/mol. The van der Waals surface area contributed by atoms with Gasteiger partial charge in [0.1, 0.15) is 0 Å². The predicted molar refractivity (Wildman–Crippen MR) is 66.0 cm³/mol. The number of carbonyl (C=O) groups excluding carboxylic acids is 1. The summed E-state index contributed by atoms with van der Waals surface area (Å²) in [4.78, 5) is 11.7. The highest BCUT2D eigenvalue weighted by molar-refractivity contribution is 5.76. The number of fused-ring (bicyclic) bond motifs is 2. The predicted octanol–water partition coefficient (Wildman–Crippen LogP) is 2.62. The molecule has 0 aromatic heterocycles. The van der Waals surface area contributed by atoms with E-state index in [-0.39, 0.29) is 5.91 Å². The van der Waals surface area contributed by atoms with E-state index in [2.05, 4.69) is 11.4 Å². The SMILES string of the molecule is N#CCCCCNC(=O)CC1CC2CCC1C2. The highest BCUT2D eigenvalue weighted by Crippen LogP contribution is 2.49. The van der Waals surface area contributed by atoms with Crippen molar-refractivity contribution in [2.24, 2.45) is 17.8 Å². The maximum atomic E-state index is 11.7. The first-order valence-corrected chi connectivity index (χ1v) is 6.93. The normalized spacial score (nSPS) is 30.2. The average molecular weight is 234 g/mol. The molecule has 0 aromatic carbocycles. The molecule has 2 rings (SSSR count). The fourth-order valence-electron chi connectivity index (χ4n) is 3.49. The van der Waals surface area contributed by atoms with Crippen LogP contribution in [-0.2, 0) is 4.79 Å². The van der Waals surface area contributed by atoms with Crippen LogP contribution in [0.3, 0.4) is 0 Å². The Kier molecular flexibility index (Phi) is 4.42. The van der Waals surface area contributed by atoms with Gasteiger partial charge in [0, 0.05) is 19.4 Å².